The van der Waals surface area contributed by atoms with Crippen molar-refractivity contribution in [3.63, 3.8) is 0 Å². The van der Waals surface area contributed by atoms with Crippen LogP contribution in [0.4, 0.5) is 5.69 Å². The van der Waals surface area contributed by atoms with Crippen LogP contribution in [-0.2, 0) is 0 Å². The van der Waals surface area contributed by atoms with Crippen molar-refractivity contribution in [2.24, 2.45) is 0 Å². The maximum absolute atomic E-state index is 6.13. The third kappa shape index (κ3) is 2.80. The lowest BCUT2D eigenvalue weighted by Gasteiger charge is -2.29. The summed E-state index contributed by atoms with van der Waals surface area (Å²) in [5.74, 6) is 0.765. The van der Waals surface area contributed by atoms with E-state index in [1.54, 1.807) is 0 Å². The maximum Gasteiger partial charge on any atom is 0.138 e. The van der Waals surface area contributed by atoms with E-state index in [1.165, 1.54) is 0 Å². The van der Waals surface area contributed by atoms with Gasteiger partial charge < -0.3 is 15.4 Å². The van der Waals surface area contributed by atoms with Crippen molar-refractivity contribution in [1.29, 1.82) is 0 Å². The second kappa shape index (κ2) is 5.41. The highest BCUT2D eigenvalue weighted by Crippen LogP contribution is 2.28. The molecular formula is C12H17ClN2O. The first-order valence-corrected chi connectivity index (χ1v) is 6.07. The van der Waals surface area contributed by atoms with Crippen molar-refractivity contribution in [1.82, 2.24) is 5.32 Å². The van der Waals surface area contributed by atoms with Gasteiger partial charge in [0.25, 0.3) is 0 Å². The normalized spacial score (nSPS) is 15.6. The molecule has 0 unspecified atom stereocenters. The Balaban J connectivity index is 1.97. The summed E-state index contributed by atoms with van der Waals surface area (Å²) in [7, 11) is 0. The van der Waals surface area contributed by atoms with Crippen LogP contribution in [0.25, 0.3) is 0 Å². The second-order valence-corrected chi connectivity index (χ2v) is 4.40. The van der Waals surface area contributed by atoms with Gasteiger partial charge in [0, 0.05) is 18.8 Å². The molecule has 2 N–H and O–H groups in total. The van der Waals surface area contributed by atoms with Crippen LogP contribution in [0, 0.1) is 0 Å². The van der Waals surface area contributed by atoms with Gasteiger partial charge in [0.15, 0.2) is 0 Å². The zero-order valence-corrected chi connectivity index (χ0v) is 10.2. The number of hydrogen-bond donors (Lipinski definition) is 2. The molecular weight excluding hydrogens is 224 g/mol. The molecule has 1 fully saturated rings. The molecule has 4 heteroatoms. The average molecular weight is 241 g/mol. The van der Waals surface area contributed by atoms with Crippen molar-refractivity contribution in [2.75, 3.05) is 25.0 Å². The minimum absolute atomic E-state index is 0.526. The summed E-state index contributed by atoms with van der Waals surface area (Å²) in [5.41, 5.74) is 1.06. The third-order valence-electron chi connectivity index (χ3n) is 2.55. The molecule has 2 rings (SSSR count). The fourth-order valence-electron chi connectivity index (χ4n) is 1.55. The monoisotopic (exact) mass is 240 g/mol. The summed E-state index contributed by atoms with van der Waals surface area (Å²) >= 11 is 6.13. The SMILES string of the molecule is CCCOc1ccc(NC2CNC2)cc1Cl. The average Bonchev–Trinajstić information content (AvgIpc) is 2.22. The fraction of sp³-hybridized carbons (Fsp3) is 0.500. The molecule has 1 aromatic rings. The number of ether oxygens (including phenoxy) is 1. The van der Waals surface area contributed by atoms with Crippen LogP contribution in [0.5, 0.6) is 5.75 Å². The lowest BCUT2D eigenvalue weighted by Crippen LogP contribution is -2.51. The van der Waals surface area contributed by atoms with E-state index in [0.717, 1.165) is 30.9 Å². The standard InChI is InChI=1S/C12H17ClN2O/c1-2-5-16-12-4-3-9(6-11(12)13)15-10-7-14-8-10/h3-4,6,10,14-15H,2,5,7-8H2,1H3. The van der Waals surface area contributed by atoms with E-state index in [2.05, 4.69) is 17.6 Å². The van der Waals surface area contributed by atoms with E-state index < -0.39 is 0 Å². The summed E-state index contributed by atoms with van der Waals surface area (Å²) < 4.78 is 5.51. The molecule has 1 aliphatic heterocycles. The molecule has 0 spiro atoms. The van der Waals surface area contributed by atoms with Crippen LogP contribution in [0.2, 0.25) is 5.02 Å². The topological polar surface area (TPSA) is 33.3 Å². The van der Waals surface area contributed by atoms with Gasteiger partial charge >= 0.3 is 0 Å². The highest BCUT2D eigenvalue weighted by molar-refractivity contribution is 6.32. The quantitative estimate of drug-likeness (QED) is 0.830. The van der Waals surface area contributed by atoms with E-state index in [4.69, 9.17) is 16.3 Å². The summed E-state index contributed by atoms with van der Waals surface area (Å²) in [6, 6.07) is 6.38. The zero-order valence-electron chi connectivity index (χ0n) is 9.42. The van der Waals surface area contributed by atoms with Gasteiger partial charge in [-0.3, -0.25) is 0 Å². The van der Waals surface area contributed by atoms with E-state index in [-0.39, 0.29) is 0 Å². The minimum atomic E-state index is 0.526. The Bertz CT molecular complexity index is 353. The smallest absolute Gasteiger partial charge is 0.138 e. The van der Waals surface area contributed by atoms with Gasteiger partial charge in [0.1, 0.15) is 5.75 Å². The molecule has 0 aromatic heterocycles. The predicted octanol–water partition coefficient (Wildman–Crippen LogP) is 2.51. The van der Waals surface area contributed by atoms with Crippen molar-refractivity contribution in [2.45, 2.75) is 19.4 Å². The number of halogens is 1. The molecule has 16 heavy (non-hydrogen) atoms. The Kier molecular flexibility index (Phi) is 3.91. The van der Waals surface area contributed by atoms with Gasteiger partial charge in [-0.25, -0.2) is 0 Å². The van der Waals surface area contributed by atoms with Gasteiger partial charge in [0.2, 0.25) is 0 Å². The minimum Gasteiger partial charge on any atom is -0.492 e. The Labute approximate surface area is 101 Å². The van der Waals surface area contributed by atoms with Crippen molar-refractivity contribution < 1.29 is 4.74 Å². The molecule has 0 radical (unpaired) electrons. The van der Waals surface area contributed by atoms with Crippen LogP contribution < -0.4 is 15.4 Å². The largest absolute Gasteiger partial charge is 0.492 e. The number of hydrogen-bond acceptors (Lipinski definition) is 3. The fourth-order valence-corrected chi connectivity index (χ4v) is 1.78. The molecule has 1 saturated heterocycles. The molecule has 0 bridgehead atoms. The lowest BCUT2D eigenvalue weighted by molar-refractivity contribution is 0.317. The molecule has 3 nitrogen and oxygen atoms in total. The summed E-state index contributed by atoms with van der Waals surface area (Å²) in [5, 5.41) is 7.29. The first-order chi connectivity index (χ1) is 7.79. The Hall–Kier alpha value is -0.930. The van der Waals surface area contributed by atoms with E-state index >= 15 is 0 Å². The van der Waals surface area contributed by atoms with Crippen molar-refractivity contribution in [3.8, 4) is 5.75 Å². The number of anilines is 1. The Morgan fingerprint density at radius 2 is 2.31 bits per heavy atom. The van der Waals surface area contributed by atoms with E-state index in [9.17, 15) is 0 Å². The lowest BCUT2D eigenvalue weighted by atomic mass is 10.1. The number of rotatable bonds is 5. The number of benzene rings is 1. The van der Waals surface area contributed by atoms with E-state index in [1.807, 2.05) is 18.2 Å². The van der Waals surface area contributed by atoms with Gasteiger partial charge in [-0.15, -0.1) is 0 Å². The third-order valence-corrected chi connectivity index (χ3v) is 2.84. The highest BCUT2D eigenvalue weighted by Gasteiger charge is 2.16. The molecule has 0 atom stereocenters. The number of nitrogens with one attached hydrogen (secondary N) is 2. The van der Waals surface area contributed by atoms with Crippen LogP contribution in [0.3, 0.4) is 0 Å². The maximum atomic E-state index is 6.13. The van der Waals surface area contributed by atoms with E-state index in [0.29, 0.717) is 17.7 Å². The molecule has 0 aliphatic carbocycles. The molecule has 1 aliphatic rings. The molecule has 0 saturated carbocycles. The van der Waals surface area contributed by atoms with Gasteiger partial charge in [-0.2, -0.15) is 0 Å². The van der Waals surface area contributed by atoms with Crippen LogP contribution in [-0.4, -0.2) is 25.7 Å². The predicted molar refractivity (Wildman–Crippen MR) is 67.5 cm³/mol. The van der Waals surface area contributed by atoms with Gasteiger partial charge in [-0.05, 0) is 24.6 Å². The first kappa shape index (κ1) is 11.6. The summed E-state index contributed by atoms with van der Waals surface area (Å²) in [6.07, 6.45) is 0.990. The van der Waals surface area contributed by atoms with Crippen LogP contribution in [0.15, 0.2) is 18.2 Å². The highest BCUT2D eigenvalue weighted by atomic mass is 35.5. The summed E-state index contributed by atoms with van der Waals surface area (Å²) in [4.78, 5) is 0. The zero-order chi connectivity index (χ0) is 11.4. The van der Waals surface area contributed by atoms with Crippen LogP contribution >= 0.6 is 11.6 Å². The molecule has 0 amide bonds. The van der Waals surface area contributed by atoms with Crippen molar-refractivity contribution >= 4 is 17.3 Å². The Morgan fingerprint density at radius 3 is 2.88 bits per heavy atom. The van der Waals surface area contributed by atoms with Gasteiger partial charge in [-0.1, -0.05) is 18.5 Å². The summed E-state index contributed by atoms with van der Waals surface area (Å²) in [6.45, 7) is 4.82. The molecule has 1 aromatic carbocycles. The molecule has 88 valence electrons. The van der Waals surface area contributed by atoms with Crippen LogP contribution in [0.1, 0.15) is 13.3 Å². The second-order valence-electron chi connectivity index (χ2n) is 3.99. The Morgan fingerprint density at radius 1 is 1.50 bits per heavy atom. The van der Waals surface area contributed by atoms with Gasteiger partial charge in [0.05, 0.1) is 17.7 Å². The molecule has 1 heterocycles. The first-order valence-electron chi connectivity index (χ1n) is 5.69. The van der Waals surface area contributed by atoms with Crippen molar-refractivity contribution in [3.05, 3.63) is 23.2 Å².